The molecule has 1 saturated carbocycles. The van der Waals surface area contributed by atoms with E-state index in [1.165, 1.54) is 30.7 Å². The van der Waals surface area contributed by atoms with Crippen molar-refractivity contribution in [1.29, 1.82) is 0 Å². The number of carbonyl (C=O) groups excluding carboxylic acids is 3. The Hall–Kier alpha value is -2.57. The standard InChI is InChI=1S/C17H23N3O4/c1-11-4-2-3-5-14(11)20-15(21)10-24-16(22)12-6-8-13(9-7-12)19-17(18)23/h6-9,11,14H,2-5,10H2,1H3,(H,20,21)(H3,18,19,23)/t11-,14+/m0/s1. The van der Waals surface area contributed by atoms with Crippen LogP contribution in [0.4, 0.5) is 10.5 Å². The van der Waals surface area contributed by atoms with Crippen LogP contribution in [0, 0.1) is 5.92 Å². The van der Waals surface area contributed by atoms with Gasteiger partial charge in [0.15, 0.2) is 6.61 Å². The minimum Gasteiger partial charge on any atom is -0.452 e. The molecule has 0 saturated heterocycles. The summed E-state index contributed by atoms with van der Waals surface area (Å²) in [6, 6.07) is 5.53. The molecule has 7 nitrogen and oxygen atoms in total. The zero-order chi connectivity index (χ0) is 17.5. The molecule has 1 aromatic carbocycles. The molecule has 1 aliphatic rings. The number of carbonyl (C=O) groups is 3. The SMILES string of the molecule is C[C@H]1CCCC[C@H]1NC(=O)COC(=O)c1ccc(NC(N)=O)cc1. The van der Waals surface area contributed by atoms with E-state index in [1.54, 1.807) is 0 Å². The second-order valence-corrected chi connectivity index (χ2v) is 6.08. The quantitative estimate of drug-likeness (QED) is 0.716. The number of hydrogen-bond donors (Lipinski definition) is 3. The van der Waals surface area contributed by atoms with Crippen LogP contribution in [0.3, 0.4) is 0 Å². The van der Waals surface area contributed by atoms with Crippen LogP contribution >= 0.6 is 0 Å². The monoisotopic (exact) mass is 333 g/mol. The number of nitrogens with two attached hydrogens (primary N) is 1. The maximum absolute atomic E-state index is 11.9. The molecule has 0 unspecified atom stereocenters. The fourth-order valence-electron chi connectivity index (χ4n) is 2.83. The molecule has 1 aliphatic carbocycles. The number of urea groups is 1. The second kappa shape index (κ2) is 8.33. The Kier molecular flexibility index (Phi) is 6.17. The third-order valence-corrected chi connectivity index (χ3v) is 4.18. The molecule has 2 atom stereocenters. The predicted octanol–water partition coefficient (Wildman–Crippen LogP) is 2.03. The zero-order valence-corrected chi connectivity index (χ0v) is 13.7. The van der Waals surface area contributed by atoms with Gasteiger partial charge in [0.2, 0.25) is 0 Å². The first-order valence-electron chi connectivity index (χ1n) is 8.08. The van der Waals surface area contributed by atoms with Gasteiger partial charge in [-0.2, -0.15) is 0 Å². The van der Waals surface area contributed by atoms with Crippen LogP contribution in [0.5, 0.6) is 0 Å². The minimum atomic E-state index is -0.682. The van der Waals surface area contributed by atoms with Gasteiger partial charge in [-0.1, -0.05) is 19.8 Å². The summed E-state index contributed by atoms with van der Waals surface area (Å²) in [5, 5.41) is 5.32. The summed E-state index contributed by atoms with van der Waals surface area (Å²) in [4.78, 5) is 34.6. The average molecular weight is 333 g/mol. The van der Waals surface area contributed by atoms with Gasteiger partial charge in [-0.3, -0.25) is 4.79 Å². The van der Waals surface area contributed by atoms with Crippen LogP contribution in [-0.2, 0) is 9.53 Å². The number of anilines is 1. The summed E-state index contributed by atoms with van der Waals surface area (Å²) >= 11 is 0. The van der Waals surface area contributed by atoms with Gasteiger partial charge in [-0.15, -0.1) is 0 Å². The summed E-state index contributed by atoms with van der Waals surface area (Å²) in [6.07, 6.45) is 4.38. The Morgan fingerprint density at radius 1 is 1.17 bits per heavy atom. The topological polar surface area (TPSA) is 111 Å². The second-order valence-electron chi connectivity index (χ2n) is 6.08. The Bertz CT molecular complexity index is 600. The van der Waals surface area contributed by atoms with Crippen LogP contribution in [-0.4, -0.2) is 30.6 Å². The number of ether oxygens (including phenoxy) is 1. The molecule has 130 valence electrons. The molecule has 0 spiro atoms. The summed E-state index contributed by atoms with van der Waals surface area (Å²) in [5.74, 6) is -0.426. The van der Waals surface area contributed by atoms with E-state index in [9.17, 15) is 14.4 Å². The number of benzene rings is 1. The molecular formula is C17H23N3O4. The van der Waals surface area contributed by atoms with Crippen molar-refractivity contribution in [2.45, 2.75) is 38.6 Å². The Balaban J connectivity index is 1.79. The molecule has 0 radical (unpaired) electrons. The molecule has 24 heavy (non-hydrogen) atoms. The molecule has 2 rings (SSSR count). The molecule has 1 aromatic rings. The molecular weight excluding hydrogens is 310 g/mol. The number of primary amides is 1. The predicted molar refractivity (Wildman–Crippen MR) is 89.5 cm³/mol. The van der Waals surface area contributed by atoms with E-state index in [-0.39, 0.29) is 18.6 Å². The largest absolute Gasteiger partial charge is 0.452 e. The fraction of sp³-hybridized carbons (Fsp3) is 0.471. The lowest BCUT2D eigenvalue weighted by Crippen LogP contribution is -2.42. The first kappa shape index (κ1) is 17.8. The van der Waals surface area contributed by atoms with Crippen LogP contribution < -0.4 is 16.4 Å². The van der Waals surface area contributed by atoms with Gasteiger partial charge in [0.25, 0.3) is 5.91 Å². The molecule has 0 bridgehead atoms. The van der Waals surface area contributed by atoms with E-state index < -0.39 is 12.0 Å². The van der Waals surface area contributed by atoms with E-state index in [4.69, 9.17) is 10.5 Å². The number of hydrogen-bond acceptors (Lipinski definition) is 4. The van der Waals surface area contributed by atoms with Crippen LogP contribution in [0.25, 0.3) is 0 Å². The third kappa shape index (κ3) is 5.26. The molecule has 0 aliphatic heterocycles. The summed E-state index contributed by atoms with van der Waals surface area (Å²) in [7, 11) is 0. The maximum atomic E-state index is 11.9. The number of esters is 1. The fourth-order valence-corrected chi connectivity index (χ4v) is 2.83. The van der Waals surface area contributed by atoms with Crippen molar-refractivity contribution in [2.24, 2.45) is 11.7 Å². The average Bonchev–Trinajstić information content (AvgIpc) is 2.55. The van der Waals surface area contributed by atoms with Crippen molar-refractivity contribution in [1.82, 2.24) is 5.32 Å². The third-order valence-electron chi connectivity index (χ3n) is 4.18. The van der Waals surface area contributed by atoms with E-state index in [0.29, 0.717) is 17.2 Å². The highest BCUT2D eigenvalue weighted by atomic mass is 16.5. The van der Waals surface area contributed by atoms with Crippen LogP contribution in [0.1, 0.15) is 43.0 Å². The zero-order valence-electron chi connectivity index (χ0n) is 13.7. The van der Waals surface area contributed by atoms with Crippen molar-refractivity contribution >= 4 is 23.6 Å². The van der Waals surface area contributed by atoms with Crippen molar-refractivity contribution in [2.75, 3.05) is 11.9 Å². The Morgan fingerprint density at radius 2 is 1.83 bits per heavy atom. The highest BCUT2D eigenvalue weighted by Crippen LogP contribution is 2.23. The Labute approximate surface area is 140 Å². The van der Waals surface area contributed by atoms with E-state index >= 15 is 0 Å². The number of rotatable bonds is 5. The van der Waals surface area contributed by atoms with Gasteiger partial charge >= 0.3 is 12.0 Å². The van der Waals surface area contributed by atoms with Crippen molar-refractivity contribution in [3.05, 3.63) is 29.8 Å². The van der Waals surface area contributed by atoms with Gasteiger partial charge in [-0.05, 0) is 43.0 Å². The first-order chi connectivity index (χ1) is 11.5. The van der Waals surface area contributed by atoms with Crippen molar-refractivity contribution in [3.63, 3.8) is 0 Å². The molecule has 4 N–H and O–H groups in total. The van der Waals surface area contributed by atoms with Crippen molar-refractivity contribution < 1.29 is 19.1 Å². The molecule has 3 amide bonds. The van der Waals surface area contributed by atoms with Crippen LogP contribution in [0.15, 0.2) is 24.3 Å². The molecule has 7 heteroatoms. The maximum Gasteiger partial charge on any atom is 0.338 e. The van der Waals surface area contributed by atoms with Gasteiger partial charge in [0.05, 0.1) is 5.56 Å². The van der Waals surface area contributed by atoms with Crippen molar-refractivity contribution in [3.8, 4) is 0 Å². The molecule has 0 heterocycles. The molecule has 1 fully saturated rings. The highest BCUT2D eigenvalue weighted by molar-refractivity contribution is 5.93. The van der Waals surface area contributed by atoms with Crippen LogP contribution in [0.2, 0.25) is 0 Å². The van der Waals surface area contributed by atoms with Gasteiger partial charge in [0.1, 0.15) is 0 Å². The van der Waals surface area contributed by atoms with Gasteiger partial charge in [0, 0.05) is 11.7 Å². The first-order valence-corrected chi connectivity index (χ1v) is 8.08. The lowest BCUT2D eigenvalue weighted by molar-refractivity contribution is -0.125. The highest BCUT2D eigenvalue weighted by Gasteiger charge is 2.23. The Morgan fingerprint density at radius 3 is 2.46 bits per heavy atom. The van der Waals surface area contributed by atoms with Gasteiger partial charge < -0.3 is 21.1 Å². The van der Waals surface area contributed by atoms with Gasteiger partial charge in [-0.25, -0.2) is 9.59 Å². The summed E-state index contributed by atoms with van der Waals surface area (Å²) in [6.45, 7) is 1.82. The summed E-state index contributed by atoms with van der Waals surface area (Å²) in [5.41, 5.74) is 5.77. The smallest absolute Gasteiger partial charge is 0.338 e. The summed E-state index contributed by atoms with van der Waals surface area (Å²) < 4.78 is 5.02. The lowest BCUT2D eigenvalue weighted by Gasteiger charge is -2.29. The van der Waals surface area contributed by atoms with E-state index in [0.717, 1.165) is 19.3 Å². The minimum absolute atomic E-state index is 0.157. The lowest BCUT2D eigenvalue weighted by atomic mass is 9.86. The molecule has 0 aromatic heterocycles. The van der Waals surface area contributed by atoms with E-state index in [2.05, 4.69) is 17.6 Å². The number of amides is 3. The van der Waals surface area contributed by atoms with E-state index in [1.807, 2.05) is 0 Å². The normalized spacial score (nSPS) is 20.0. The number of nitrogens with one attached hydrogen (secondary N) is 2.